The van der Waals surface area contributed by atoms with Crippen LogP contribution in [0.2, 0.25) is 0 Å². The lowest BCUT2D eigenvalue weighted by molar-refractivity contribution is 0.0453. The molecule has 0 saturated carbocycles. The van der Waals surface area contributed by atoms with Crippen molar-refractivity contribution in [1.29, 1.82) is 0 Å². The summed E-state index contributed by atoms with van der Waals surface area (Å²) in [7, 11) is 0. The molecular weight excluding hydrogens is 280 g/mol. The van der Waals surface area contributed by atoms with Gasteiger partial charge in [-0.25, -0.2) is 9.59 Å². The van der Waals surface area contributed by atoms with E-state index in [2.05, 4.69) is 13.8 Å². The first-order valence-electron chi connectivity index (χ1n) is 7.99. The summed E-state index contributed by atoms with van der Waals surface area (Å²) in [6.45, 7) is 6.99. The number of carbonyl (C=O) groups excluding carboxylic acids is 2. The lowest BCUT2D eigenvalue weighted by Gasteiger charge is -2.10. The monoisotopic (exact) mass is 306 g/mol. The molecule has 0 amide bonds. The van der Waals surface area contributed by atoms with Crippen molar-refractivity contribution >= 4 is 11.9 Å². The summed E-state index contributed by atoms with van der Waals surface area (Å²) in [6.07, 6.45) is 3.74. The number of unbranched alkanes of at least 4 members (excludes halogenated alkanes) is 1. The molecule has 0 aliphatic heterocycles. The second-order valence-corrected chi connectivity index (χ2v) is 5.71. The highest BCUT2D eigenvalue weighted by atomic mass is 16.5. The van der Waals surface area contributed by atoms with Crippen molar-refractivity contribution in [3.05, 3.63) is 35.4 Å². The van der Waals surface area contributed by atoms with Gasteiger partial charge in [-0.1, -0.05) is 39.3 Å². The average molecular weight is 306 g/mol. The van der Waals surface area contributed by atoms with Crippen LogP contribution in [0.25, 0.3) is 0 Å². The number of hydrogen-bond donors (Lipinski definition) is 0. The fraction of sp³-hybridized carbons (Fsp3) is 0.556. The van der Waals surface area contributed by atoms with Crippen LogP contribution in [0.3, 0.4) is 0 Å². The number of ether oxygens (including phenoxy) is 2. The van der Waals surface area contributed by atoms with E-state index in [4.69, 9.17) is 9.47 Å². The Hall–Kier alpha value is -1.84. The topological polar surface area (TPSA) is 52.6 Å². The van der Waals surface area contributed by atoms with Crippen LogP contribution < -0.4 is 0 Å². The van der Waals surface area contributed by atoms with Crippen molar-refractivity contribution < 1.29 is 19.1 Å². The Morgan fingerprint density at radius 2 is 1.50 bits per heavy atom. The maximum absolute atomic E-state index is 12.1. The minimum absolute atomic E-state index is 0.267. The van der Waals surface area contributed by atoms with Gasteiger partial charge in [0.1, 0.15) is 0 Å². The highest BCUT2D eigenvalue weighted by Crippen LogP contribution is 2.13. The normalized spacial score (nSPS) is 10.5. The Morgan fingerprint density at radius 1 is 0.955 bits per heavy atom. The molecule has 4 nitrogen and oxygen atoms in total. The summed E-state index contributed by atoms with van der Waals surface area (Å²) in [5.74, 6) is -0.285. The van der Waals surface area contributed by atoms with Gasteiger partial charge in [-0.05, 0) is 37.3 Å². The smallest absolute Gasteiger partial charge is 0.339 e. The van der Waals surface area contributed by atoms with Gasteiger partial charge in [0.05, 0.1) is 24.3 Å². The van der Waals surface area contributed by atoms with Crippen LogP contribution in [-0.4, -0.2) is 25.2 Å². The standard InChI is InChI=1S/C18H26O4/c1-4-12-21-17(19)15-10-5-6-11-16(15)18(20)22-13-8-7-9-14(2)3/h5-6,10-11,14H,4,7-9,12-13H2,1-3H3. The van der Waals surface area contributed by atoms with E-state index in [1.807, 2.05) is 6.92 Å². The van der Waals surface area contributed by atoms with Crippen LogP contribution in [0.5, 0.6) is 0 Å². The molecule has 0 atom stereocenters. The third-order valence-electron chi connectivity index (χ3n) is 3.21. The van der Waals surface area contributed by atoms with Crippen molar-refractivity contribution in [2.24, 2.45) is 5.92 Å². The second kappa shape index (κ2) is 9.98. The Morgan fingerprint density at radius 3 is 2.00 bits per heavy atom. The third kappa shape index (κ3) is 6.29. The van der Waals surface area contributed by atoms with Gasteiger partial charge in [-0.15, -0.1) is 0 Å². The summed E-state index contributed by atoms with van der Waals surface area (Å²) in [4.78, 5) is 24.1. The number of rotatable bonds is 9. The van der Waals surface area contributed by atoms with Gasteiger partial charge in [0, 0.05) is 0 Å². The lowest BCUT2D eigenvalue weighted by atomic mass is 10.1. The Bertz CT molecular complexity index is 480. The molecule has 1 rings (SSSR count). The molecule has 0 unspecified atom stereocenters. The third-order valence-corrected chi connectivity index (χ3v) is 3.21. The summed E-state index contributed by atoms with van der Waals surface area (Å²) in [5.41, 5.74) is 0.538. The Balaban J connectivity index is 2.56. The van der Waals surface area contributed by atoms with Crippen molar-refractivity contribution in [1.82, 2.24) is 0 Å². The minimum Gasteiger partial charge on any atom is -0.462 e. The zero-order valence-corrected chi connectivity index (χ0v) is 13.8. The highest BCUT2D eigenvalue weighted by Gasteiger charge is 2.18. The summed E-state index contributed by atoms with van der Waals surface area (Å²) in [5, 5.41) is 0. The van der Waals surface area contributed by atoms with E-state index in [9.17, 15) is 9.59 Å². The van der Waals surface area contributed by atoms with Crippen molar-refractivity contribution in [3.8, 4) is 0 Å². The molecule has 1 aromatic carbocycles. The first kappa shape index (κ1) is 18.2. The van der Waals surface area contributed by atoms with Crippen LogP contribution in [-0.2, 0) is 9.47 Å². The van der Waals surface area contributed by atoms with Gasteiger partial charge < -0.3 is 9.47 Å². The van der Waals surface area contributed by atoms with Gasteiger partial charge in [-0.2, -0.15) is 0 Å². The van der Waals surface area contributed by atoms with Crippen LogP contribution in [0.15, 0.2) is 24.3 Å². The van der Waals surface area contributed by atoms with Crippen LogP contribution in [0.4, 0.5) is 0 Å². The predicted octanol–water partition coefficient (Wildman–Crippen LogP) is 4.24. The quantitative estimate of drug-likeness (QED) is 0.506. The van der Waals surface area contributed by atoms with E-state index < -0.39 is 11.9 Å². The molecule has 0 radical (unpaired) electrons. The molecule has 0 aliphatic carbocycles. The zero-order chi connectivity index (χ0) is 16.4. The molecule has 0 spiro atoms. The predicted molar refractivity (Wildman–Crippen MR) is 86.0 cm³/mol. The van der Waals surface area contributed by atoms with E-state index in [0.29, 0.717) is 19.1 Å². The minimum atomic E-state index is -0.478. The molecule has 1 aromatic rings. The van der Waals surface area contributed by atoms with E-state index in [-0.39, 0.29) is 11.1 Å². The average Bonchev–Trinajstić information content (AvgIpc) is 2.51. The van der Waals surface area contributed by atoms with E-state index in [1.165, 1.54) is 0 Å². The van der Waals surface area contributed by atoms with Crippen LogP contribution in [0.1, 0.15) is 67.2 Å². The van der Waals surface area contributed by atoms with E-state index >= 15 is 0 Å². The van der Waals surface area contributed by atoms with Gasteiger partial charge in [0.15, 0.2) is 0 Å². The van der Waals surface area contributed by atoms with Gasteiger partial charge in [0.2, 0.25) is 0 Å². The molecule has 122 valence electrons. The molecule has 0 aromatic heterocycles. The zero-order valence-electron chi connectivity index (χ0n) is 13.8. The SMILES string of the molecule is CCCOC(=O)c1ccccc1C(=O)OCCCCC(C)C. The van der Waals surface area contributed by atoms with Gasteiger partial charge in [0.25, 0.3) is 0 Å². The molecule has 0 aliphatic rings. The molecule has 0 heterocycles. The maximum atomic E-state index is 12.1. The maximum Gasteiger partial charge on any atom is 0.339 e. The van der Waals surface area contributed by atoms with E-state index in [1.54, 1.807) is 24.3 Å². The van der Waals surface area contributed by atoms with E-state index in [0.717, 1.165) is 25.7 Å². The lowest BCUT2D eigenvalue weighted by Crippen LogP contribution is -2.14. The first-order chi connectivity index (χ1) is 10.6. The Kier molecular flexibility index (Phi) is 8.26. The Labute approximate surface area is 132 Å². The van der Waals surface area contributed by atoms with Crippen LogP contribution >= 0.6 is 0 Å². The van der Waals surface area contributed by atoms with Gasteiger partial charge in [-0.3, -0.25) is 0 Å². The first-order valence-corrected chi connectivity index (χ1v) is 7.99. The molecule has 22 heavy (non-hydrogen) atoms. The number of hydrogen-bond acceptors (Lipinski definition) is 4. The largest absolute Gasteiger partial charge is 0.462 e. The summed E-state index contributed by atoms with van der Waals surface area (Å²) in [6, 6.07) is 6.61. The molecule has 4 heteroatoms. The fourth-order valence-electron chi connectivity index (χ4n) is 2.01. The van der Waals surface area contributed by atoms with Crippen molar-refractivity contribution in [2.45, 2.75) is 46.5 Å². The highest BCUT2D eigenvalue weighted by molar-refractivity contribution is 6.03. The number of carbonyl (C=O) groups is 2. The van der Waals surface area contributed by atoms with Gasteiger partial charge >= 0.3 is 11.9 Å². The molecule has 0 N–H and O–H groups in total. The number of esters is 2. The summed E-state index contributed by atoms with van der Waals surface area (Å²) >= 11 is 0. The fourth-order valence-corrected chi connectivity index (χ4v) is 2.01. The van der Waals surface area contributed by atoms with Crippen LogP contribution in [0, 0.1) is 5.92 Å². The second-order valence-electron chi connectivity index (χ2n) is 5.71. The van der Waals surface area contributed by atoms with Crippen molar-refractivity contribution in [3.63, 3.8) is 0 Å². The van der Waals surface area contributed by atoms with Crippen molar-refractivity contribution in [2.75, 3.05) is 13.2 Å². The molecule has 0 bridgehead atoms. The number of benzene rings is 1. The summed E-state index contributed by atoms with van der Waals surface area (Å²) < 4.78 is 10.3. The molecule has 0 saturated heterocycles. The molecular formula is C18H26O4. The molecule has 0 fully saturated rings.